The third kappa shape index (κ3) is 3.46. The first-order valence-corrected chi connectivity index (χ1v) is 8.76. The summed E-state index contributed by atoms with van der Waals surface area (Å²) in [6.45, 7) is 0.678. The predicted octanol–water partition coefficient (Wildman–Crippen LogP) is 2.00. The lowest BCUT2D eigenvalue weighted by atomic mass is 10.1. The molecule has 2 heterocycles. The fourth-order valence-corrected chi connectivity index (χ4v) is 2.95. The number of furan rings is 1. The Morgan fingerprint density at radius 2 is 2.00 bits per heavy atom. The van der Waals surface area contributed by atoms with E-state index in [0.717, 1.165) is 18.4 Å². The van der Waals surface area contributed by atoms with E-state index < -0.39 is 0 Å². The van der Waals surface area contributed by atoms with Crippen LogP contribution in [0.3, 0.4) is 0 Å². The molecule has 26 heavy (non-hydrogen) atoms. The van der Waals surface area contributed by atoms with Gasteiger partial charge in [0.05, 0.1) is 19.2 Å². The predicted molar refractivity (Wildman–Crippen MR) is 95.6 cm³/mol. The molecule has 0 spiro atoms. The van der Waals surface area contributed by atoms with Crippen molar-refractivity contribution in [2.24, 2.45) is 0 Å². The fourth-order valence-electron chi connectivity index (χ4n) is 2.95. The molecule has 1 N–H and O–H groups in total. The van der Waals surface area contributed by atoms with Gasteiger partial charge < -0.3 is 9.73 Å². The van der Waals surface area contributed by atoms with Crippen LogP contribution < -0.4 is 11.0 Å². The molecular weight excluding hydrogens is 332 g/mol. The number of nitrogens with zero attached hydrogens (tertiary/aromatic N) is 3. The molecule has 7 nitrogen and oxygen atoms in total. The normalized spacial score (nSPS) is 13.7. The number of hydrogen-bond acceptors (Lipinski definition) is 4. The van der Waals surface area contributed by atoms with E-state index in [0.29, 0.717) is 31.1 Å². The van der Waals surface area contributed by atoms with Crippen molar-refractivity contribution in [2.45, 2.75) is 31.8 Å². The molecule has 1 aliphatic rings. The summed E-state index contributed by atoms with van der Waals surface area (Å²) in [4.78, 5) is 24.7. The van der Waals surface area contributed by atoms with Crippen LogP contribution in [0.4, 0.5) is 0 Å². The van der Waals surface area contributed by atoms with E-state index in [4.69, 9.17) is 4.42 Å². The Bertz CT molecular complexity index is 937. The monoisotopic (exact) mass is 352 g/mol. The van der Waals surface area contributed by atoms with Gasteiger partial charge in [-0.05, 0) is 30.5 Å². The Balaban J connectivity index is 1.41. The number of hydrogen-bond donors (Lipinski definition) is 1. The number of aromatic nitrogens is 3. The van der Waals surface area contributed by atoms with Crippen molar-refractivity contribution in [3.63, 3.8) is 0 Å². The molecule has 7 heteroatoms. The Morgan fingerprint density at radius 3 is 2.69 bits per heavy atom. The van der Waals surface area contributed by atoms with Gasteiger partial charge in [-0.1, -0.05) is 30.3 Å². The van der Waals surface area contributed by atoms with Crippen molar-refractivity contribution in [1.82, 2.24) is 19.7 Å². The molecule has 0 unspecified atom stereocenters. The Labute approximate surface area is 150 Å². The van der Waals surface area contributed by atoms with Crippen molar-refractivity contribution in [3.8, 4) is 11.6 Å². The van der Waals surface area contributed by atoms with Crippen molar-refractivity contribution in [3.05, 3.63) is 64.8 Å². The summed E-state index contributed by atoms with van der Waals surface area (Å²) in [5.74, 6) is 1.07. The summed E-state index contributed by atoms with van der Waals surface area (Å²) < 4.78 is 8.51. The zero-order chi connectivity index (χ0) is 17.9. The molecule has 0 atom stereocenters. The van der Waals surface area contributed by atoms with Crippen molar-refractivity contribution in [2.75, 3.05) is 6.54 Å². The van der Waals surface area contributed by atoms with Crippen LogP contribution >= 0.6 is 0 Å². The lowest BCUT2D eigenvalue weighted by Crippen LogP contribution is -2.32. The van der Waals surface area contributed by atoms with Crippen molar-refractivity contribution < 1.29 is 9.21 Å². The molecule has 0 aliphatic heterocycles. The maximum atomic E-state index is 12.6. The number of benzene rings is 1. The fraction of sp³-hybridized carbons (Fsp3) is 0.316. The second kappa shape index (κ2) is 7.03. The van der Waals surface area contributed by atoms with E-state index in [2.05, 4.69) is 10.4 Å². The van der Waals surface area contributed by atoms with Crippen LogP contribution in [0.5, 0.6) is 0 Å². The highest BCUT2D eigenvalue weighted by atomic mass is 16.3. The van der Waals surface area contributed by atoms with Crippen LogP contribution in [-0.4, -0.2) is 26.8 Å². The summed E-state index contributed by atoms with van der Waals surface area (Å²) in [6.07, 6.45) is 3.85. The highest BCUT2D eigenvalue weighted by Crippen LogP contribution is 2.36. The summed E-state index contributed by atoms with van der Waals surface area (Å²) in [7, 11) is 0. The highest BCUT2D eigenvalue weighted by Gasteiger charge is 2.31. The number of nitrogens with one attached hydrogen (secondary N) is 1. The van der Waals surface area contributed by atoms with Crippen LogP contribution in [0.2, 0.25) is 0 Å². The second-order valence-corrected chi connectivity index (χ2v) is 6.42. The minimum Gasteiger partial charge on any atom is -0.461 e. The van der Waals surface area contributed by atoms with Crippen LogP contribution in [0, 0.1) is 0 Å². The minimum absolute atomic E-state index is 0.0721. The smallest absolute Gasteiger partial charge is 0.346 e. The van der Waals surface area contributed by atoms with Gasteiger partial charge in [-0.3, -0.25) is 9.36 Å². The number of carbonyl (C=O) groups is 1. The molecule has 2 aromatic heterocycles. The van der Waals surface area contributed by atoms with Gasteiger partial charge in [-0.15, -0.1) is 5.10 Å². The summed E-state index contributed by atoms with van der Waals surface area (Å²) >= 11 is 0. The molecule has 1 aromatic carbocycles. The van der Waals surface area contributed by atoms with Gasteiger partial charge in [-0.2, -0.15) is 0 Å². The standard InChI is InChI=1S/C19H20N4O3/c24-17(13-14-5-2-1-3-6-14)20-10-11-22-19(25)23(15-8-9-15)18(21-22)16-7-4-12-26-16/h1-7,12,15H,8-11,13H2,(H,20,24). The van der Waals surface area contributed by atoms with Gasteiger partial charge in [0.1, 0.15) is 0 Å². The molecule has 0 bridgehead atoms. The topological polar surface area (TPSA) is 82.1 Å². The SMILES string of the molecule is O=C(Cc1ccccc1)NCCn1nc(-c2ccco2)n(C2CC2)c1=O. The van der Waals surface area contributed by atoms with Gasteiger partial charge in [0.2, 0.25) is 11.7 Å². The molecule has 3 aromatic rings. The maximum absolute atomic E-state index is 12.6. The van der Waals surface area contributed by atoms with Gasteiger partial charge in [0, 0.05) is 12.6 Å². The van der Waals surface area contributed by atoms with Crippen LogP contribution in [-0.2, 0) is 17.8 Å². The first-order valence-electron chi connectivity index (χ1n) is 8.76. The van der Waals surface area contributed by atoms with Crippen molar-refractivity contribution >= 4 is 5.91 Å². The van der Waals surface area contributed by atoms with E-state index in [1.807, 2.05) is 30.3 Å². The van der Waals surface area contributed by atoms with E-state index in [1.165, 1.54) is 4.68 Å². The molecule has 134 valence electrons. The molecule has 0 radical (unpaired) electrons. The summed E-state index contributed by atoms with van der Waals surface area (Å²) in [6, 6.07) is 13.3. The number of carbonyl (C=O) groups excluding carboxylic acids is 1. The largest absolute Gasteiger partial charge is 0.461 e. The number of rotatable bonds is 7. The quantitative estimate of drug-likeness (QED) is 0.705. The van der Waals surface area contributed by atoms with Crippen LogP contribution in [0.25, 0.3) is 11.6 Å². The number of amides is 1. The average molecular weight is 352 g/mol. The molecule has 1 fully saturated rings. The first kappa shape index (κ1) is 16.4. The van der Waals surface area contributed by atoms with Crippen LogP contribution in [0.15, 0.2) is 57.9 Å². The van der Waals surface area contributed by atoms with Crippen molar-refractivity contribution in [1.29, 1.82) is 0 Å². The molecular formula is C19H20N4O3. The lowest BCUT2D eigenvalue weighted by molar-refractivity contribution is -0.120. The second-order valence-electron chi connectivity index (χ2n) is 6.42. The third-order valence-corrected chi connectivity index (χ3v) is 4.38. The third-order valence-electron chi connectivity index (χ3n) is 4.38. The summed E-state index contributed by atoms with van der Waals surface area (Å²) in [5.41, 5.74) is 0.802. The van der Waals surface area contributed by atoms with E-state index >= 15 is 0 Å². The van der Waals surface area contributed by atoms with E-state index in [9.17, 15) is 9.59 Å². The molecule has 1 amide bonds. The van der Waals surface area contributed by atoms with Gasteiger partial charge >= 0.3 is 5.69 Å². The minimum atomic E-state index is -0.156. The first-order chi connectivity index (χ1) is 12.7. The van der Waals surface area contributed by atoms with Gasteiger partial charge in [0.25, 0.3) is 0 Å². The Kier molecular flexibility index (Phi) is 4.43. The molecule has 1 aliphatic carbocycles. The highest BCUT2D eigenvalue weighted by molar-refractivity contribution is 5.78. The van der Waals surface area contributed by atoms with E-state index in [1.54, 1.807) is 23.0 Å². The zero-order valence-electron chi connectivity index (χ0n) is 14.3. The Hall–Kier alpha value is -3.09. The molecule has 1 saturated carbocycles. The van der Waals surface area contributed by atoms with Gasteiger partial charge in [0.15, 0.2) is 5.76 Å². The summed E-state index contributed by atoms with van der Waals surface area (Å²) in [5, 5.41) is 7.26. The van der Waals surface area contributed by atoms with Crippen LogP contribution in [0.1, 0.15) is 24.4 Å². The molecule has 4 rings (SSSR count). The maximum Gasteiger partial charge on any atom is 0.346 e. The zero-order valence-corrected chi connectivity index (χ0v) is 14.3. The Morgan fingerprint density at radius 1 is 1.19 bits per heavy atom. The van der Waals surface area contributed by atoms with E-state index in [-0.39, 0.29) is 17.6 Å². The van der Waals surface area contributed by atoms with Gasteiger partial charge in [-0.25, -0.2) is 9.48 Å². The molecule has 0 saturated heterocycles. The lowest BCUT2D eigenvalue weighted by Gasteiger charge is -2.05. The average Bonchev–Trinajstić information content (AvgIpc) is 3.22.